The standard InChI is InChI=1S/C18H20N4O3/c1-21-11-14(10-20-21)15-4-3-7-22(15)18(23)12-25-16-6-5-13(9-19)8-17(16)24-2/h5-6,8,10-11,15H,3-4,7,12H2,1-2H3/t15-/m0/s1. The molecule has 0 unspecified atom stereocenters. The van der Waals surface area contributed by atoms with E-state index in [2.05, 4.69) is 5.10 Å². The molecule has 2 heterocycles. The van der Waals surface area contributed by atoms with Gasteiger partial charge in [0.15, 0.2) is 18.1 Å². The molecule has 1 aliphatic rings. The Kier molecular flexibility index (Phi) is 4.89. The maximum absolute atomic E-state index is 12.6. The summed E-state index contributed by atoms with van der Waals surface area (Å²) in [6.45, 7) is 0.644. The normalized spacial score (nSPS) is 16.5. The quantitative estimate of drug-likeness (QED) is 0.832. The van der Waals surface area contributed by atoms with Crippen LogP contribution in [0.5, 0.6) is 11.5 Å². The van der Waals surface area contributed by atoms with Crippen molar-refractivity contribution in [2.24, 2.45) is 7.05 Å². The van der Waals surface area contributed by atoms with Crippen LogP contribution in [0, 0.1) is 11.3 Å². The van der Waals surface area contributed by atoms with Crippen LogP contribution in [-0.4, -0.2) is 40.8 Å². The van der Waals surface area contributed by atoms with Gasteiger partial charge in [-0.3, -0.25) is 9.48 Å². The van der Waals surface area contributed by atoms with Crippen molar-refractivity contribution in [2.75, 3.05) is 20.3 Å². The van der Waals surface area contributed by atoms with E-state index in [-0.39, 0.29) is 18.6 Å². The van der Waals surface area contributed by atoms with Gasteiger partial charge in [0, 0.05) is 31.4 Å². The van der Waals surface area contributed by atoms with Crippen LogP contribution in [0.3, 0.4) is 0 Å². The number of amides is 1. The van der Waals surface area contributed by atoms with Crippen LogP contribution >= 0.6 is 0 Å². The first-order valence-electron chi connectivity index (χ1n) is 8.11. The Morgan fingerprint density at radius 1 is 1.44 bits per heavy atom. The van der Waals surface area contributed by atoms with Gasteiger partial charge in [0.05, 0.1) is 31.0 Å². The Bertz CT molecular complexity index is 809. The fourth-order valence-corrected chi connectivity index (χ4v) is 3.10. The summed E-state index contributed by atoms with van der Waals surface area (Å²) in [4.78, 5) is 14.5. The summed E-state index contributed by atoms with van der Waals surface area (Å²) in [5.74, 6) is 0.821. The third kappa shape index (κ3) is 3.58. The lowest BCUT2D eigenvalue weighted by Crippen LogP contribution is -2.34. The average Bonchev–Trinajstić information content (AvgIpc) is 3.28. The molecule has 7 heteroatoms. The van der Waals surface area contributed by atoms with Crippen molar-refractivity contribution in [1.82, 2.24) is 14.7 Å². The van der Waals surface area contributed by atoms with Gasteiger partial charge >= 0.3 is 0 Å². The summed E-state index contributed by atoms with van der Waals surface area (Å²) in [6, 6.07) is 6.97. The fourth-order valence-electron chi connectivity index (χ4n) is 3.10. The van der Waals surface area contributed by atoms with Gasteiger partial charge in [0.2, 0.25) is 0 Å². The summed E-state index contributed by atoms with van der Waals surface area (Å²) in [6.07, 6.45) is 5.64. The number of hydrogen-bond acceptors (Lipinski definition) is 5. The second-order valence-corrected chi connectivity index (χ2v) is 5.96. The van der Waals surface area contributed by atoms with Gasteiger partial charge in [-0.2, -0.15) is 10.4 Å². The molecule has 1 aromatic carbocycles. The maximum atomic E-state index is 12.6. The lowest BCUT2D eigenvalue weighted by Gasteiger charge is -2.24. The van der Waals surface area contributed by atoms with E-state index >= 15 is 0 Å². The minimum atomic E-state index is -0.0715. The van der Waals surface area contributed by atoms with E-state index in [0.29, 0.717) is 23.6 Å². The molecule has 0 N–H and O–H groups in total. The third-order valence-electron chi connectivity index (χ3n) is 4.33. The Morgan fingerprint density at radius 2 is 2.28 bits per heavy atom. The molecule has 1 atom stereocenters. The highest BCUT2D eigenvalue weighted by molar-refractivity contribution is 5.78. The Labute approximate surface area is 146 Å². The van der Waals surface area contributed by atoms with E-state index < -0.39 is 0 Å². The molecule has 7 nitrogen and oxygen atoms in total. The predicted molar refractivity (Wildman–Crippen MR) is 90.1 cm³/mol. The van der Waals surface area contributed by atoms with E-state index in [1.165, 1.54) is 7.11 Å². The zero-order valence-corrected chi connectivity index (χ0v) is 14.3. The highest BCUT2D eigenvalue weighted by Gasteiger charge is 2.31. The van der Waals surface area contributed by atoms with Crippen molar-refractivity contribution in [3.05, 3.63) is 41.7 Å². The highest BCUT2D eigenvalue weighted by atomic mass is 16.5. The monoisotopic (exact) mass is 340 g/mol. The van der Waals surface area contributed by atoms with Gasteiger partial charge in [-0.15, -0.1) is 0 Å². The first-order chi connectivity index (χ1) is 12.1. The summed E-state index contributed by atoms with van der Waals surface area (Å²) in [7, 11) is 3.37. The number of nitrogens with zero attached hydrogens (tertiary/aromatic N) is 4. The van der Waals surface area contributed by atoms with E-state index in [1.54, 1.807) is 29.1 Å². The summed E-state index contributed by atoms with van der Waals surface area (Å²) < 4.78 is 12.6. The van der Waals surface area contributed by atoms with Gasteiger partial charge in [-0.25, -0.2) is 0 Å². The van der Waals surface area contributed by atoms with Crippen LogP contribution in [0.25, 0.3) is 0 Å². The molecule has 25 heavy (non-hydrogen) atoms. The number of methoxy groups -OCH3 is 1. The first kappa shape index (κ1) is 16.8. The number of ether oxygens (including phenoxy) is 2. The molecule has 1 aliphatic heterocycles. The highest BCUT2D eigenvalue weighted by Crippen LogP contribution is 2.32. The van der Waals surface area contributed by atoms with Gasteiger partial charge in [-0.1, -0.05) is 0 Å². The van der Waals surface area contributed by atoms with Crippen molar-refractivity contribution < 1.29 is 14.3 Å². The molecule has 0 aliphatic carbocycles. The van der Waals surface area contributed by atoms with Gasteiger partial charge < -0.3 is 14.4 Å². The van der Waals surface area contributed by atoms with Crippen molar-refractivity contribution in [3.63, 3.8) is 0 Å². The molecule has 130 valence electrons. The Morgan fingerprint density at radius 3 is 2.96 bits per heavy atom. The number of benzene rings is 1. The van der Waals surface area contributed by atoms with Gasteiger partial charge in [-0.05, 0) is 25.0 Å². The number of rotatable bonds is 5. The number of hydrogen-bond donors (Lipinski definition) is 0. The molecular formula is C18H20N4O3. The second-order valence-electron chi connectivity index (χ2n) is 5.96. The molecule has 1 amide bonds. The zero-order chi connectivity index (χ0) is 17.8. The van der Waals surface area contributed by atoms with E-state index in [9.17, 15) is 4.79 Å². The van der Waals surface area contributed by atoms with Crippen LogP contribution in [0.2, 0.25) is 0 Å². The number of likely N-dealkylation sites (tertiary alicyclic amines) is 1. The van der Waals surface area contributed by atoms with Crippen molar-refractivity contribution in [2.45, 2.75) is 18.9 Å². The summed E-state index contributed by atoms with van der Waals surface area (Å²) in [5.41, 5.74) is 1.52. The van der Waals surface area contributed by atoms with Crippen LogP contribution in [0.4, 0.5) is 0 Å². The van der Waals surface area contributed by atoms with Crippen molar-refractivity contribution in [3.8, 4) is 17.6 Å². The van der Waals surface area contributed by atoms with Crippen molar-refractivity contribution in [1.29, 1.82) is 5.26 Å². The first-order valence-corrected chi connectivity index (χ1v) is 8.11. The van der Waals surface area contributed by atoms with E-state index in [4.69, 9.17) is 14.7 Å². The maximum Gasteiger partial charge on any atom is 0.261 e. The summed E-state index contributed by atoms with van der Waals surface area (Å²) >= 11 is 0. The number of carbonyl (C=O) groups excluding carboxylic acids is 1. The lowest BCUT2D eigenvalue weighted by molar-refractivity contribution is -0.134. The average molecular weight is 340 g/mol. The second kappa shape index (κ2) is 7.26. The number of aromatic nitrogens is 2. The molecule has 0 radical (unpaired) electrons. The van der Waals surface area contributed by atoms with E-state index in [0.717, 1.165) is 18.4 Å². The van der Waals surface area contributed by atoms with Crippen molar-refractivity contribution >= 4 is 5.91 Å². The minimum Gasteiger partial charge on any atom is -0.493 e. The number of nitriles is 1. The summed E-state index contributed by atoms with van der Waals surface area (Å²) in [5, 5.41) is 13.1. The molecule has 1 aromatic heterocycles. The SMILES string of the molecule is COc1cc(C#N)ccc1OCC(=O)N1CCC[C@H]1c1cnn(C)c1. The number of aryl methyl sites for hydroxylation is 1. The molecule has 3 rings (SSSR count). The smallest absolute Gasteiger partial charge is 0.261 e. The predicted octanol–water partition coefficient (Wildman–Crippen LogP) is 2.04. The molecule has 0 spiro atoms. The van der Waals surface area contributed by atoms with Crippen LogP contribution < -0.4 is 9.47 Å². The number of carbonyl (C=O) groups is 1. The Balaban J connectivity index is 1.67. The Hall–Kier alpha value is -3.01. The molecule has 1 saturated heterocycles. The molecule has 0 saturated carbocycles. The topological polar surface area (TPSA) is 80.4 Å². The van der Waals surface area contributed by atoms with Crippen LogP contribution in [0.15, 0.2) is 30.6 Å². The third-order valence-corrected chi connectivity index (χ3v) is 4.33. The van der Waals surface area contributed by atoms with Crippen LogP contribution in [0.1, 0.15) is 30.0 Å². The van der Waals surface area contributed by atoms with E-state index in [1.807, 2.05) is 24.2 Å². The lowest BCUT2D eigenvalue weighted by atomic mass is 10.1. The molecule has 2 aromatic rings. The largest absolute Gasteiger partial charge is 0.493 e. The minimum absolute atomic E-state index is 0.0488. The zero-order valence-electron chi connectivity index (χ0n) is 14.3. The fraction of sp³-hybridized carbons (Fsp3) is 0.389. The van der Waals surface area contributed by atoms with Crippen LogP contribution in [-0.2, 0) is 11.8 Å². The molecular weight excluding hydrogens is 320 g/mol. The molecule has 0 bridgehead atoms. The van der Waals surface area contributed by atoms with Gasteiger partial charge in [0.25, 0.3) is 5.91 Å². The molecule has 1 fully saturated rings. The van der Waals surface area contributed by atoms with Gasteiger partial charge in [0.1, 0.15) is 0 Å².